The van der Waals surface area contributed by atoms with Gasteiger partial charge in [-0.05, 0) is 37.0 Å². The highest BCUT2D eigenvalue weighted by Gasteiger charge is 2.41. The summed E-state index contributed by atoms with van der Waals surface area (Å²) in [6.07, 6.45) is 3.85. The Morgan fingerprint density at radius 2 is 1.91 bits per heavy atom. The van der Waals surface area contributed by atoms with Gasteiger partial charge in [0, 0.05) is 6.54 Å². The van der Waals surface area contributed by atoms with Crippen molar-refractivity contribution in [2.75, 3.05) is 13.7 Å². The van der Waals surface area contributed by atoms with Crippen molar-refractivity contribution in [2.45, 2.75) is 32.1 Å². The molecule has 22 heavy (non-hydrogen) atoms. The fraction of sp³-hybridized carbons (Fsp3) is 0.471. The number of nitriles is 1. The third kappa shape index (κ3) is 3.45. The van der Waals surface area contributed by atoms with Crippen molar-refractivity contribution < 1.29 is 14.3 Å². The summed E-state index contributed by atoms with van der Waals surface area (Å²) in [4.78, 5) is 23.5. The topological polar surface area (TPSA) is 79.2 Å². The molecule has 1 fully saturated rings. The van der Waals surface area contributed by atoms with Crippen LogP contribution in [0.1, 0.15) is 41.6 Å². The second-order valence-corrected chi connectivity index (χ2v) is 5.60. The molecule has 0 unspecified atom stereocenters. The van der Waals surface area contributed by atoms with Crippen LogP contribution in [0.25, 0.3) is 0 Å². The van der Waals surface area contributed by atoms with E-state index in [9.17, 15) is 14.9 Å². The van der Waals surface area contributed by atoms with Crippen molar-refractivity contribution in [3.8, 4) is 6.07 Å². The van der Waals surface area contributed by atoms with Crippen LogP contribution in [0.3, 0.4) is 0 Å². The molecule has 2 rings (SSSR count). The van der Waals surface area contributed by atoms with Gasteiger partial charge in [-0.25, -0.2) is 4.79 Å². The van der Waals surface area contributed by atoms with Crippen molar-refractivity contribution in [1.29, 1.82) is 5.26 Å². The molecule has 0 heterocycles. The summed E-state index contributed by atoms with van der Waals surface area (Å²) in [7, 11) is 1.35. The van der Waals surface area contributed by atoms with Gasteiger partial charge in [0.25, 0.3) is 0 Å². The number of nitrogens with one attached hydrogen (secondary N) is 1. The summed E-state index contributed by atoms with van der Waals surface area (Å²) in [5.41, 5.74) is 0.699. The van der Waals surface area contributed by atoms with E-state index in [0.29, 0.717) is 31.4 Å². The molecule has 1 aromatic rings. The molecule has 0 aromatic heterocycles. The Bertz CT molecular complexity index is 581. The van der Waals surface area contributed by atoms with E-state index in [1.54, 1.807) is 12.1 Å². The van der Waals surface area contributed by atoms with Crippen LogP contribution in [-0.2, 0) is 16.0 Å². The Balaban J connectivity index is 1.85. The van der Waals surface area contributed by atoms with Gasteiger partial charge >= 0.3 is 5.97 Å². The van der Waals surface area contributed by atoms with Gasteiger partial charge in [0.1, 0.15) is 5.41 Å². The van der Waals surface area contributed by atoms with Crippen LogP contribution in [0, 0.1) is 16.7 Å². The minimum atomic E-state index is -0.825. The molecule has 1 saturated carbocycles. The van der Waals surface area contributed by atoms with E-state index in [4.69, 9.17) is 0 Å². The van der Waals surface area contributed by atoms with Crippen LogP contribution in [0.15, 0.2) is 24.3 Å². The predicted molar refractivity (Wildman–Crippen MR) is 81.0 cm³/mol. The molecule has 0 spiro atoms. The zero-order chi connectivity index (χ0) is 16.0. The second-order valence-electron chi connectivity index (χ2n) is 5.60. The largest absolute Gasteiger partial charge is 0.465 e. The lowest BCUT2D eigenvalue weighted by Gasteiger charge is -2.19. The molecule has 0 radical (unpaired) electrons. The summed E-state index contributed by atoms with van der Waals surface area (Å²) in [5.74, 6) is -0.518. The maximum atomic E-state index is 12.2. The maximum absolute atomic E-state index is 12.2. The smallest absolute Gasteiger partial charge is 0.337 e. The highest BCUT2D eigenvalue weighted by Crippen LogP contribution is 2.37. The Kier molecular flexibility index (Phi) is 5.16. The van der Waals surface area contributed by atoms with Gasteiger partial charge in [0.2, 0.25) is 5.91 Å². The van der Waals surface area contributed by atoms with Crippen LogP contribution in [0.4, 0.5) is 0 Å². The molecule has 0 saturated heterocycles. The maximum Gasteiger partial charge on any atom is 0.337 e. The Morgan fingerprint density at radius 1 is 1.27 bits per heavy atom. The normalized spacial score (nSPS) is 15.8. The average molecular weight is 300 g/mol. The lowest BCUT2D eigenvalue weighted by molar-refractivity contribution is -0.127. The van der Waals surface area contributed by atoms with E-state index in [1.807, 2.05) is 12.1 Å². The first-order valence-electron chi connectivity index (χ1n) is 7.48. The molecule has 1 aliphatic rings. The number of hydrogen-bond acceptors (Lipinski definition) is 4. The fourth-order valence-electron chi connectivity index (χ4n) is 2.78. The van der Waals surface area contributed by atoms with Crippen LogP contribution in [-0.4, -0.2) is 25.5 Å². The molecule has 1 aliphatic carbocycles. The summed E-state index contributed by atoms with van der Waals surface area (Å²) in [6, 6.07) is 9.28. The van der Waals surface area contributed by atoms with Gasteiger partial charge in [-0.3, -0.25) is 4.79 Å². The molecule has 0 atom stereocenters. The minimum Gasteiger partial charge on any atom is -0.465 e. The van der Waals surface area contributed by atoms with Crippen LogP contribution < -0.4 is 5.32 Å². The Labute approximate surface area is 130 Å². The SMILES string of the molecule is COC(=O)c1ccc(CCNC(=O)C2(C#N)CCCC2)cc1. The van der Waals surface area contributed by atoms with Crippen molar-refractivity contribution in [3.63, 3.8) is 0 Å². The highest BCUT2D eigenvalue weighted by atomic mass is 16.5. The highest BCUT2D eigenvalue weighted by molar-refractivity contribution is 5.89. The first-order chi connectivity index (χ1) is 10.6. The zero-order valence-electron chi connectivity index (χ0n) is 12.7. The molecule has 1 N–H and O–H groups in total. The summed E-state index contributed by atoms with van der Waals surface area (Å²) in [5, 5.41) is 12.1. The molecule has 5 heteroatoms. The minimum absolute atomic E-state index is 0.154. The molecule has 0 bridgehead atoms. The summed E-state index contributed by atoms with van der Waals surface area (Å²) in [6.45, 7) is 0.486. The number of benzene rings is 1. The molecular weight excluding hydrogens is 280 g/mol. The number of methoxy groups -OCH3 is 1. The number of carbonyl (C=O) groups is 2. The molecule has 1 aromatic carbocycles. The van der Waals surface area contributed by atoms with Crippen molar-refractivity contribution >= 4 is 11.9 Å². The lowest BCUT2D eigenvalue weighted by atomic mass is 9.87. The van der Waals surface area contributed by atoms with E-state index in [-0.39, 0.29) is 11.9 Å². The summed E-state index contributed by atoms with van der Waals surface area (Å²) < 4.78 is 4.64. The third-order valence-electron chi connectivity index (χ3n) is 4.18. The molecule has 0 aliphatic heterocycles. The Morgan fingerprint density at radius 3 is 2.45 bits per heavy atom. The quantitative estimate of drug-likeness (QED) is 0.846. The van der Waals surface area contributed by atoms with E-state index in [1.165, 1.54) is 7.11 Å². The van der Waals surface area contributed by atoms with Gasteiger partial charge in [-0.2, -0.15) is 5.26 Å². The average Bonchev–Trinajstić information content (AvgIpc) is 3.05. The molecule has 116 valence electrons. The fourth-order valence-corrected chi connectivity index (χ4v) is 2.78. The monoisotopic (exact) mass is 300 g/mol. The number of hydrogen-bond donors (Lipinski definition) is 1. The number of nitrogens with zero attached hydrogens (tertiary/aromatic N) is 1. The van der Waals surface area contributed by atoms with Crippen LogP contribution in [0.2, 0.25) is 0 Å². The van der Waals surface area contributed by atoms with E-state index in [0.717, 1.165) is 18.4 Å². The number of rotatable bonds is 5. The Hall–Kier alpha value is -2.35. The van der Waals surface area contributed by atoms with Crippen LogP contribution >= 0.6 is 0 Å². The third-order valence-corrected chi connectivity index (χ3v) is 4.18. The van der Waals surface area contributed by atoms with E-state index >= 15 is 0 Å². The number of esters is 1. The van der Waals surface area contributed by atoms with Crippen molar-refractivity contribution in [2.24, 2.45) is 5.41 Å². The van der Waals surface area contributed by atoms with Gasteiger partial charge < -0.3 is 10.1 Å². The van der Waals surface area contributed by atoms with Gasteiger partial charge in [0.15, 0.2) is 0 Å². The second kappa shape index (κ2) is 7.08. The molecule has 1 amide bonds. The summed E-state index contributed by atoms with van der Waals surface area (Å²) >= 11 is 0. The van der Waals surface area contributed by atoms with Crippen LogP contribution in [0.5, 0.6) is 0 Å². The van der Waals surface area contributed by atoms with Gasteiger partial charge in [-0.15, -0.1) is 0 Å². The van der Waals surface area contributed by atoms with E-state index in [2.05, 4.69) is 16.1 Å². The van der Waals surface area contributed by atoms with Gasteiger partial charge in [0.05, 0.1) is 18.7 Å². The lowest BCUT2D eigenvalue weighted by Crippen LogP contribution is -2.39. The molecule has 5 nitrogen and oxygen atoms in total. The first kappa shape index (κ1) is 16.0. The number of carbonyl (C=O) groups excluding carboxylic acids is 2. The number of ether oxygens (including phenoxy) is 1. The van der Waals surface area contributed by atoms with Crippen molar-refractivity contribution in [1.82, 2.24) is 5.32 Å². The number of amides is 1. The standard InChI is InChI=1S/C17H20N2O3/c1-22-15(20)14-6-4-13(5-7-14)8-11-19-16(21)17(12-18)9-2-3-10-17/h4-7H,2-3,8-11H2,1H3,(H,19,21). The first-order valence-corrected chi connectivity index (χ1v) is 7.48. The van der Waals surface area contributed by atoms with Gasteiger partial charge in [-0.1, -0.05) is 25.0 Å². The van der Waals surface area contributed by atoms with Crippen molar-refractivity contribution in [3.05, 3.63) is 35.4 Å². The van der Waals surface area contributed by atoms with E-state index < -0.39 is 5.41 Å². The molecular formula is C17H20N2O3. The zero-order valence-corrected chi connectivity index (χ0v) is 12.7. The predicted octanol–water partition coefficient (Wildman–Crippen LogP) is 2.22.